The van der Waals surface area contributed by atoms with Crippen LogP contribution in [0.25, 0.3) is 0 Å². The van der Waals surface area contributed by atoms with E-state index in [1.54, 1.807) is 11.8 Å². The van der Waals surface area contributed by atoms with Crippen molar-refractivity contribution in [2.75, 3.05) is 31.9 Å². The van der Waals surface area contributed by atoms with E-state index in [2.05, 4.69) is 0 Å². The molecule has 1 aromatic rings. The first-order valence-corrected chi connectivity index (χ1v) is 9.79. The fourth-order valence-electron chi connectivity index (χ4n) is 3.04. The van der Waals surface area contributed by atoms with Gasteiger partial charge < -0.3 is 4.90 Å². The zero-order valence-electron chi connectivity index (χ0n) is 14.1. The van der Waals surface area contributed by atoms with Gasteiger partial charge in [0.15, 0.2) is 0 Å². The lowest BCUT2D eigenvalue weighted by molar-refractivity contribution is -0.135. The molecule has 1 fully saturated rings. The van der Waals surface area contributed by atoms with E-state index in [0.717, 1.165) is 5.56 Å². The molecule has 0 bridgehead atoms. The van der Waals surface area contributed by atoms with Crippen LogP contribution in [0.15, 0.2) is 30.3 Å². The van der Waals surface area contributed by atoms with Gasteiger partial charge in [-0.05, 0) is 18.4 Å². The Labute approximate surface area is 139 Å². The Hall–Kier alpha value is -1.40. The average molecular weight is 338 g/mol. The fraction of sp³-hybridized carbons (Fsp3) is 0.588. The molecule has 0 spiro atoms. The van der Waals surface area contributed by atoms with Crippen LogP contribution < -0.4 is 0 Å². The van der Waals surface area contributed by atoms with Gasteiger partial charge in [0, 0.05) is 26.2 Å². The molecular weight excluding hydrogens is 312 g/mol. The zero-order chi connectivity index (χ0) is 17.0. The van der Waals surface area contributed by atoms with E-state index < -0.39 is 10.0 Å². The van der Waals surface area contributed by atoms with E-state index in [9.17, 15) is 13.2 Å². The Kier molecular flexibility index (Phi) is 5.81. The summed E-state index contributed by atoms with van der Waals surface area (Å²) in [6, 6.07) is 9.81. The average Bonchev–Trinajstić information content (AvgIpc) is 2.55. The standard InChI is InChI=1S/C17H26N2O3S/c1-4-23(21,22)19-12-10-18(11-13-19)17(20)16(14(2)3)15-8-6-5-7-9-15/h5-9,14,16H,4,10-13H2,1-3H3. The number of nitrogens with zero attached hydrogens (tertiary/aromatic N) is 2. The highest BCUT2D eigenvalue weighted by molar-refractivity contribution is 7.89. The molecule has 23 heavy (non-hydrogen) atoms. The van der Waals surface area contributed by atoms with Gasteiger partial charge in [-0.2, -0.15) is 4.31 Å². The minimum Gasteiger partial charge on any atom is -0.340 e. The van der Waals surface area contributed by atoms with Gasteiger partial charge in [0.25, 0.3) is 0 Å². The maximum atomic E-state index is 12.9. The van der Waals surface area contributed by atoms with E-state index in [-0.39, 0.29) is 23.5 Å². The first-order valence-electron chi connectivity index (χ1n) is 8.18. The lowest BCUT2D eigenvalue weighted by Gasteiger charge is -2.36. The number of benzene rings is 1. The second-order valence-electron chi connectivity index (χ2n) is 6.26. The van der Waals surface area contributed by atoms with Crippen molar-refractivity contribution in [3.8, 4) is 0 Å². The minimum atomic E-state index is -3.16. The van der Waals surface area contributed by atoms with Crippen LogP contribution in [0.5, 0.6) is 0 Å². The monoisotopic (exact) mass is 338 g/mol. The first kappa shape index (κ1) is 17.9. The smallest absolute Gasteiger partial charge is 0.230 e. The SMILES string of the molecule is CCS(=O)(=O)N1CCN(C(=O)C(c2ccccc2)C(C)C)CC1. The third-order valence-electron chi connectivity index (χ3n) is 4.40. The highest BCUT2D eigenvalue weighted by atomic mass is 32.2. The molecule has 0 N–H and O–H groups in total. The van der Waals surface area contributed by atoms with Gasteiger partial charge in [0.2, 0.25) is 15.9 Å². The normalized spacial score (nSPS) is 18.2. The van der Waals surface area contributed by atoms with Gasteiger partial charge in [0.05, 0.1) is 11.7 Å². The number of rotatable bonds is 5. The van der Waals surface area contributed by atoms with Gasteiger partial charge in [-0.1, -0.05) is 44.2 Å². The molecule has 0 aromatic heterocycles. The zero-order valence-corrected chi connectivity index (χ0v) is 14.9. The van der Waals surface area contributed by atoms with E-state index >= 15 is 0 Å². The van der Waals surface area contributed by atoms with Crippen molar-refractivity contribution in [1.29, 1.82) is 0 Å². The summed E-state index contributed by atoms with van der Waals surface area (Å²) in [5.74, 6) is 0.229. The van der Waals surface area contributed by atoms with Crippen LogP contribution in [0.3, 0.4) is 0 Å². The van der Waals surface area contributed by atoms with Crippen LogP contribution in [0.1, 0.15) is 32.3 Å². The largest absolute Gasteiger partial charge is 0.340 e. The number of hydrogen-bond donors (Lipinski definition) is 0. The Balaban J connectivity index is 2.09. The molecule has 128 valence electrons. The third-order valence-corrected chi connectivity index (χ3v) is 6.28. The topological polar surface area (TPSA) is 57.7 Å². The molecular formula is C17H26N2O3S. The number of piperazine rings is 1. The molecule has 1 atom stereocenters. The van der Waals surface area contributed by atoms with Gasteiger partial charge in [-0.15, -0.1) is 0 Å². The summed E-state index contributed by atoms with van der Waals surface area (Å²) in [7, 11) is -3.16. The van der Waals surface area contributed by atoms with Crippen LogP contribution in [-0.2, 0) is 14.8 Å². The summed E-state index contributed by atoms with van der Waals surface area (Å²) in [5, 5.41) is 0. The Bertz CT molecular complexity index is 620. The van der Waals surface area contributed by atoms with E-state index in [0.29, 0.717) is 26.2 Å². The second kappa shape index (κ2) is 7.45. The molecule has 1 aliphatic rings. The molecule has 0 radical (unpaired) electrons. The minimum absolute atomic E-state index is 0.0970. The molecule has 1 saturated heterocycles. The highest BCUT2D eigenvalue weighted by Crippen LogP contribution is 2.27. The van der Waals surface area contributed by atoms with Crippen molar-refractivity contribution >= 4 is 15.9 Å². The van der Waals surface area contributed by atoms with Gasteiger partial charge in [0.1, 0.15) is 0 Å². The Morgan fingerprint density at radius 1 is 1.09 bits per heavy atom. The summed E-state index contributed by atoms with van der Waals surface area (Å²) >= 11 is 0. The van der Waals surface area contributed by atoms with Crippen molar-refractivity contribution in [2.24, 2.45) is 5.92 Å². The fourth-order valence-corrected chi connectivity index (χ4v) is 4.12. The van der Waals surface area contributed by atoms with E-state index in [1.807, 2.05) is 44.2 Å². The van der Waals surface area contributed by atoms with Crippen molar-refractivity contribution in [3.05, 3.63) is 35.9 Å². The number of sulfonamides is 1. The predicted molar refractivity (Wildman–Crippen MR) is 91.6 cm³/mol. The molecule has 5 nitrogen and oxygen atoms in total. The number of carbonyl (C=O) groups is 1. The van der Waals surface area contributed by atoms with Crippen molar-refractivity contribution < 1.29 is 13.2 Å². The molecule has 1 aromatic carbocycles. The van der Waals surface area contributed by atoms with Gasteiger partial charge in [-0.3, -0.25) is 4.79 Å². The molecule has 0 saturated carbocycles. The molecule has 2 rings (SSSR count). The van der Waals surface area contributed by atoms with Gasteiger partial charge >= 0.3 is 0 Å². The van der Waals surface area contributed by atoms with Crippen LogP contribution in [-0.4, -0.2) is 55.5 Å². The molecule has 1 heterocycles. The molecule has 1 unspecified atom stereocenters. The van der Waals surface area contributed by atoms with Crippen molar-refractivity contribution in [1.82, 2.24) is 9.21 Å². The Morgan fingerprint density at radius 3 is 2.13 bits per heavy atom. The molecule has 1 amide bonds. The van der Waals surface area contributed by atoms with Crippen LogP contribution in [0.2, 0.25) is 0 Å². The lowest BCUT2D eigenvalue weighted by atomic mass is 9.87. The van der Waals surface area contributed by atoms with Crippen LogP contribution in [0, 0.1) is 5.92 Å². The van der Waals surface area contributed by atoms with E-state index in [4.69, 9.17) is 0 Å². The lowest BCUT2D eigenvalue weighted by Crippen LogP contribution is -2.52. The van der Waals surface area contributed by atoms with Crippen LogP contribution >= 0.6 is 0 Å². The maximum Gasteiger partial charge on any atom is 0.230 e. The number of carbonyl (C=O) groups excluding carboxylic acids is 1. The highest BCUT2D eigenvalue weighted by Gasteiger charge is 2.32. The van der Waals surface area contributed by atoms with Crippen molar-refractivity contribution in [3.63, 3.8) is 0 Å². The molecule has 0 aliphatic carbocycles. The van der Waals surface area contributed by atoms with Crippen molar-refractivity contribution in [2.45, 2.75) is 26.7 Å². The van der Waals surface area contributed by atoms with Gasteiger partial charge in [-0.25, -0.2) is 8.42 Å². The number of amides is 1. The summed E-state index contributed by atoms with van der Waals surface area (Å²) in [4.78, 5) is 14.7. The summed E-state index contributed by atoms with van der Waals surface area (Å²) in [6.07, 6.45) is 0. The number of hydrogen-bond acceptors (Lipinski definition) is 3. The van der Waals surface area contributed by atoms with E-state index in [1.165, 1.54) is 4.31 Å². The predicted octanol–water partition coefficient (Wildman–Crippen LogP) is 1.92. The Morgan fingerprint density at radius 2 is 1.65 bits per heavy atom. The first-order chi connectivity index (χ1) is 10.9. The van der Waals surface area contributed by atoms with Crippen LogP contribution in [0.4, 0.5) is 0 Å². The summed E-state index contributed by atoms with van der Waals surface area (Å²) < 4.78 is 25.3. The summed E-state index contributed by atoms with van der Waals surface area (Å²) in [6.45, 7) is 7.46. The summed E-state index contributed by atoms with van der Waals surface area (Å²) in [5.41, 5.74) is 1.02. The third kappa shape index (κ3) is 4.12. The molecule has 6 heteroatoms. The second-order valence-corrected chi connectivity index (χ2v) is 8.51. The maximum absolute atomic E-state index is 12.9. The quantitative estimate of drug-likeness (QED) is 0.824. The molecule has 1 aliphatic heterocycles.